The van der Waals surface area contributed by atoms with Crippen molar-refractivity contribution in [3.63, 3.8) is 0 Å². The zero-order chi connectivity index (χ0) is 14.4. The van der Waals surface area contributed by atoms with Gasteiger partial charge in [0, 0.05) is 24.8 Å². The SMILES string of the molecule is NNC(=O)c1cccc(CN2CCCCC2CCO)c1. The fourth-order valence-corrected chi connectivity index (χ4v) is 2.87. The molecule has 1 aliphatic heterocycles. The number of aliphatic hydroxyl groups excluding tert-OH is 1. The van der Waals surface area contributed by atoms with Crippen LogP contribution in [0.4, 0.5) is 0 Å². The van der Waals surface area contributed by atoms with Crippen molar-refractivity contribution in [3.8, 4) is 0 Å². The van der Waals surface area contributed by atoms with Gasteiger partial charge in [-0.3, -0.25) is 15.1 Å². The van der Waals surface area contributed by atoms with Gasteiger partial charge in [0.15, 0.2) is 0 Å². The second-order valence-electron chi connectivity index (χ2n) is 5.31. The second kappa shape index (κ2) is 7.38. The van der Waals surface area contributed by atoms with E-state index >= 15 is 0 Å². The Bertz CT molecular complexity index is 448. The Morgan fingerprint density at radius 2 is 2.30 bits per heavy atom. The molecule has 1 heterocycles. The summed E-state index contributed by atoms with van der Waals surface area (Å²) in [7, 11) is 0. The highest BCUT2D eigenvalue weighted by Gasteiger charge is 2.21. The van der Waals surface area contributed by atoms with Crippen molar-refractivity contribution < 1.29 is 9.90 Å². The van der Waals surface area contributed by atoms with Crippen molar-refractivity contribution in [2.75, 3.05) is 13.2 Å². The summed E-state index contributed by atoms with van der Waals surface area (Å²) in [5.41, 5.74) is 3.85. The fourth-order valence-electron chi connectivity index (χ4n) is 2.87. The van der Waals surface area contributed by atoms with Crippen molar-refractivity contribution in [2.24, 2.45) is 5.84 Å². The lowest BCUT2D eigenvalue weighted by Crippen LogP contribution is -2.39. The van der Waals surface area contributed by atoms with Crippen LogP contribution >= 0.6 is 0 Å². The van der Waals surface area contributed by atoms with Crippen molar-refractivity contribution >= 4 is 5.91 Å². The van der Waals surface area contributed by atoms with Crippen LogP contribution in [0.15, 0.2) is 24.3 Å². The molecule has 0 bridgehead atoms. The fraction of sp³-hybridized carbons (Fsp3) is 0.533. The van der Waals surface area contributed by atoms with E-state index < -0.39 is 0 Å². The van der Waals surface area contributed by atoms with Gasteiger partial charge in [-0.25, -0.2) is 5.84 Å². The molecule has 5 nitrogen and oxygen atoms in total. The largest absolute Gasteiger partial charge is 0.396 e. The second-order valence-corrected chi connectivity index (χ2v) is 5.31. The summed E-state index contributed by atoms with van der Waals surface area (Å²) in [6.45, 7) is 2.10. The van der Waals surface area contributed by atoms with Gasteiger partial charge in [-0.2, -0.15) is 0 Å². The molecule has 1 aromatic rings. The quantitative estimate of drug-likeness (QED) is 0.427. The summed E-state index contributed by atoms with van der Waals surface area (Å²) in [5, 5.41) is 9.16. The van der Waals surface area contributed by atoms with Crippen LogP contribution < -0.4 is 11.3 Å². The molecule has 0 spiro atoms. The molecule has 20 heavy (non-hydrogen) atoms. The number of likely N-dealkylation sites (tertiary alicyclic amines) is 1. The molecule has 1 aromatic carbocycles. The third kappa shape index (κ3) is 3.79. The molecule has 5 heteroatoms. The molecule has 0 aliphatic carbocycles. The molecule has 4 N–H and O–H groups in total. The Labute approximate surface area is 119 Å². The summed E-state index contributed by atoms with van der Waals surface area (Å²) in [5.74, 6) is 4.90. The maximum atomic E-state index is 11.5. The van der Waals surface area contributed by atoms with Crippen molar-refractivity contribution in [2.45, 2.75) is 38.3 Å². The van der Waals surface area contributed by atoms with Crippen LogP contribution in [0, 0.1) is 0 Å². The number of hydrogen-bond donors (Lipinski definition) is 3. The first-order chi connectivity index (χ1) is 9.74. The summed E-state index contributed by atoms with van der Waals surface area (Å²) >= 11 is 0. The standard InChI is InChI=1S/C15H23N3O2/c16-17-15(20)13-5-3-4-12(10-13)11-18-8-2-1-6-14(18)7-9-19/h3-5,10,14,19H,1-2,6-9,11,16H2,(H,17,20). The predicted octanol–water partition coefficient (Wildman–Crippen LogP) is 1.03. The Hall–Kier alpha value is -1.43. The number of rotatable bonds is 5. The number of nitrogen functional groups attached to an aromatic ring is 1. The van der Waals surface area contributed by atoms with Gasteiger partial charge in [-0.15, -0.1) is 0 Å². The Kier molecular flexibility index (Phi) is 5.52. The van der Waals surface area contributed by atoms with Crippen molar-refractivity contribution in [1.29, 1.82) is 0 Å². The molecule has 1 unspecified atom stereocenters. The third-order valence-electron chi connectivity index (χ3n) is 3.92. The normalized spacial score (nSPS) is 19.8. The van der Waals surface area contributed by atoms with Gasteiger partial charge in [-0.1, -0.05) is 18.6 Å². The third-order valence-corrected chi connectivity index (χ3v) is 3.92. The molecule has 1 saturated heterocycles. The number of nitrogens with zero attached hydrogens (tertiary/aromatic N) is 1. The summed E-state index contributed by atoms with van der Waals surface area (Å²) in [6.07, 6.45) is 4.40. The van der Waals surface area contributed by atoms with Crippen LogP contribution in [0.2, 0.25) is 0 Å². The number of benzene rings is 1. The van der Waals surface area contributed by atoms with E-state index in [1.165, 1.54) is 12.8 Å². The van der Waals surface area contributed by atoms with Gasteiger partial charge in [0.1, 0.15) is 0 Å². The van der Waals surface area contributed by atoms with E-state index in [0.29, 0.717) is 11.6 Å². The molecule has 0 radical (unpaired) electrons. The van der Waals surface area contributed by atoms with E-state index in [4.69, 9.17) is 10.9 Å². The summed E-state index contributed by atoms with van der Waals surface area (Å²) in [6, 6.07) is 7.99. The van der Waals surface area contributed by atoms with Gasteiger partial charge in [0.05, 0.1) is 0 Å². The first-order valence-electron chi connectivity index (χ1n) is 7.19. The minimum Gasteiger partial charge on any atom is -0.396 e. The number of amides is 1. The van der Waals surface area contributed by atoms with Crippen molar-refractivity contribution in [1.82, 2.24) is 10.3 Å². The van der Waals surface area contributed by atoms with E-state index in [0.717, 1.165) is 31.5 Å². The minimum atomic E-state index is -0.266. The number of nitrogens with one attached hydrogen (secondary N) is 1. The van der Waals surface area contributed by atoms with Crippen LogP contribution in [0.3, 0.4) is 0 Å². The zero-order valence-electron chi connectivity index (χ0n) is 11.7. The van der Waals surface area contributed by atoms with Crippen LogP contribution in [-0.4, -0.2) is 35.1 Å². The number of hydrogen-bond acceptors (Lipinski definition) is 4. The van der Waals surface area contributed by atoms with Crippen LogP contribution in [0.25, 0.3) is 0 Å². The Balaban J connectivity index is 2.06. The summed E-state index contributed by atoms with van der Waals surface area (Å²) < 4.78 is 0. The maximum absolute atomic E-state index is 11.5. The number of piperidine rings is 1. The van der Waals surface area contributed by atoms with Gasteiger partial charge >= 0.3 is 0 Å². The van der Waals surface area contributed by atoms with Gasteiger partial charge in [-0.05, 0) is 43.5 Å². The highest BCUT2D eigenvalue weighted by atomic mass is 16.3. The molecule has 110 valence electrons. The van der Waals surface area contributed by atoms with E-state index in [1.54, 1.807) is 6.07 Å². The Morgan fingerprint density at radius 1 is 1.45 bits per heavy atom. The minimum absolute atomic E-state index is 0.233. The predicted molar refractivity (Wildman–Crippen MR) is 77.8 cm³/mol. The molecule has 1 aliphatic rings. The lowest BCUT2D eigenvalue weighted by molar-refractivity contribution is 0.0953. The molecule has 0 saturated carbocycles. The highest BCUT2D eigenvalue weighted by molar-refractivity contribution is 5.93. The van der Waals surface area contributed by atoms with Crippen LogP contribution in [0.1, 0.15) is 41.6 Å². The molecule has 1 atom stereocenters. The monoisotopic (exact) mass is 277 g/mol. The van der Waals surface area contributed by atoms with E-state index in [2.05, 4.69) is 10.3 Å². The van der Waals surface area contributed by atoms with Crippen LogP contribution in [0.5, 0.6) is 0 Å². The average molecular weight is 277 g/mol. The highest BCUT2D eigenvalue weighted by Crippen LogP contribution is 2.22. The van der Waals surface area contributed by atoms with E-state index in [1.807, 2.05) is 18.2 Å². The summed E-state index contributed by atoms with van der Waals surface area (Å²) in [4.78, 5) is 13.9. The van der Waals surface area contributed by atoms with Crippen LogP contribution in [-0.2, 0) is 6.54 Å². The molecular formula is C15H23N3O2. The lowest BCUT2D eigenvalue weighted by Gasteiger charge is -2.35. The number of carbonyl (C=O) groups excluding carboxylic acids is 1. The molecule has 0 aromatic heterocycles. The molecule has 2 rings (SSSR count). The number of nitrogens with two attached hydrogens (primary N) is 1. The molecular weight excluding hydrogens is 254 g/mol. The maximum Gasteiger partial charge on any atom is 0.265 e. The molecule has 1 amide bonds. The first-order valence-corrected chi connectivity index (χ1v) is 7.19. The number of hydrazine groups is 1. The zero-order valence-corrected chi connectivity index (χ0v) is 11.7. The van der Waals surface area contributed by atoms with E-state index in [-0.39, 0.29) is 12.5 Å². The number of carbonyl (C=O) groups is 1. The topological polar surface area (TPSA) is 78.6 Å². The van der Waals surface area contributed by atoms with Gasteiger partial charge in [0.2, 0.25) is 0 Å². The smallest absolute Gasteiger partial charge is 0.265 e. The van der Waals surface area contributed by atoms with Crippen molar-refractivity contribution in [3.05, 3.63) is 35.4 Å². The van der Waals surface area contributed by atoms with E-state index in [9.17, 15) is 4.79 Å². The van der Waals surface area contributed by atoms with Gasteiger partial charge in [0.25, 0.3) is 5.91 Å². The Morgan fingerprint density at radius 3 is 3.05 bits per heavy atom. The average Bonchev–Trinajstić information content (AvgIpc) is 2.49. The molecule has 1 fully saturated rings. The first kappa shape index (κ1) is 15.0. The lowest BCUT2D eigenvalue weighted by atomic mass is 9.98. The number of aliphatic hydroxyl groups is 1. The van der Waals surface area contributed by atoms with Gasteiger partial charge < -0.3 is 5.11 Å².